The highest BCUT2D eigenvalue weighted by Crippen LogP contribution is 2.32. The normalized spacial score (nSPS) is 10.1. The Morgan fingerprint density at radius 2 is 1.83 bits per heavy atom. The molecule has 0 unspecified atom stereocenters. The second-order valence-corrected chi connectivity index (χ2v) is 4.92. The van der Waals surface area contributed by atoms with Crippen LogP contribution in [0.4, 0.5) is 17.1 Å². The fraction of sp³-hybridized carbons (Fsp3) is 0.143. The molecule has 0 aliphatic carbocycles. The molecule has 0 radical (unpaired) electrons. The summed E-state index contributed by atoms with van der Waals surface area (Å²) in [5.74, 6) is 0.716. The van der Waals surface area contributed by atoms with E-state index in [0.717, 1.165) is 14.9 Å². The molecule has 0 saturated carbocycles. The van der Waals surface area contributed by atoms with Crippen LogP contribution in [0.3, 0.4) is 0 Å². The molecule has 2 rings (SSSR count). The lowest BCUT2D eigenvalue weighted by molar-refractivity contribution is 0.342. The maximum atomic E-state index is 6.08. The number of halogens is 1. The summed E-state index contributed by atoms with van der Waals surface area (Å²) in [5, 5.41) is 3.33. The molecule has 0 fully saturated rings. The number of nitrogens with two attached hydrogens (primary N) is 1. The van der Waals surface area contributed by atoms with E-state index >= 15 is 0 Å². The third-order valence-electron chi connectivity index (χ3n) is 2.51. The van der Waals surface area contributed by atoms with Gasteiger partial charge in [0.25, 0.3) is 0 Å². The van der Waals surface area contributed by atoms with E-state index in [2.05, 4.69) is 27.9 Å². The molecule has 2 aromatic carbocycles. The Bertz CT molecular complexity index is 543. The van der Waals surface area contributed by atoms with E-state index in [1.807, 2.05) is 49.4 Å². The van der Waals surface area contributed by atoms with Gasteiger partial charge in [-0.25, -0.2) is 0 Å². The third-order valence-corrected chi connectivity index (χ3v) is 3.45. The second-order valence-electron chi connectivity index (χ2n) is 3.76. The zero-order valence-electron chi connectivity index (χ0n) is 10.1. The molecular weight excluding hydrogens is 339 g/mol. The SMILES string of the molecule is CCOc1cccc(Nc2ccccc2I)c1N. The number of hydrogen-bond acceptors (Lipinski definition) is 3. The summed E-state index contributed by atoms with van der Waals surface area (Å²) >= 11 is 2.29. The van der Waals surface area contributed by atoms with Crippen LogP contribution in [-0.4, -0.2) is 6.61 Å². The summed E-state index contributed by atoms with van der Waals surface area (Å²) in [6.45, 7) is 2.55. The van der Waals surface area contributed by atoms with Gasteiger partial charge in [0.1, 0.15) is 5.75 Å². The quantitative estimate of drug-likeness (QED) is 0.644. The van der Waals surface area contributed by atoms with Gasteiger partial charge in [-0.1, -0.05) is 18.2 Å². The molecule has 0 heterocycles. The summed E-state index contributed by atoms with van der Waals surface area (Å²) < 4.78 is 6.63. The first kappa shape index (κ1) is 13.0. The summed E-state index contributed by atoms with van der Waals surface area (Å²) in [6.07, 6.45) is 0. The van der Waals surface area contributed by atoms with E-state index in [9.17, 15) is 0 Å². The number of rotatable bonds is 4. The molecule has 0 aromatic heterocycles. The van der Waals surface area contributed by atoms with Crippen molar-refractivity contribution in [2.75, 3.05) is 17.7 Å². The number of para-hydroxylation sites is 2. The average Bonchev–Trinajstić information content (AvgIpc) is 2.37. The first-order valence-corrected chi connectivity index (χ1v) is 6.83. The molecule has 0 amide bonds. The minimum Gasteiger partial charge on any atom is -0.492 e. The highest BCUT2D eigenvalue weighted by Gasteiger charge is 2.07. The van der Waals surface area contributed by atoms with Crippen molar-refractivity contribution in [1.29, 1.82) is 0 Å². The van der Waals surface area contributed by atoms with Crippen molar-refractivity contribution < 1.29 is 4.74 Å². The van der Waals surface area contributed by atoms with Crippen molar-refractivity contribution >= 4 is 39.7 Å². The predicted molar refractivity (Wildman–Crippen MR) is 84.5 cm³/mol. The van der Waals surface area contributed by atoms with Crippen LogP contribution in [0.5, 0.6) is 5.75 Å². The van der Waals surface area contributed by atoms with Gasteiger partial charge in [0, 0.05) is 3.57 Å². The van der Waals surface area contributed by atoms with Crippen LogP contribution in [0.1, 0.15) is 6.92 Å². The molecule has 0 aliphatic heterocycles. The lowest BCUT2D eigenvalue weighted by Gasteiger charge is -2.14. The van der Waals surface area contributed by atoms with E-state index in [-0.39, 0.29) is 0 Å². The van der Waals surface area contributed by atoms with Gasteiger partial charge in [0.15, 0.2) is 0 Å². The maximum Gasteiger partial charge on any atom is 0.144 e. The molecule has 0 aliphatic rings. The molecule has 4 heteroatoms. The summed E-state index contributed by atoms with van der Waals surface area (Å²) in [5.41, 5.74) is 8.62. The molecule has 0 spiro atoms. The van der Waals surface area contributed by atoms with E-state index in [0.29, 0.717) is 18.0 Å². The molecule has 0 saturated heterocycles. The van der Waals surface area contributed by atoms with Crippen molar-refractivity contribution in [2.45, 2.75) is 6.92 Å². The van der Waals surface area contributed by atoms with E-state index < -0.39 is 0 Å². The van der Waals surface area contributed by atoms with Gasteiger partial charge < -0.3 is 15.8 Å². The van der Waals surface area contributed by atoms with Crippen molar-refractivity contribution in [1.82, 2.24) is 0 Å². The lowest BCUT2D eigenvalue weighted by Crippen LogP contribution is -2.01. The van der Waals surface area contributed by atoms with Crippen LogP contribution >= 0.6 is 22.6 Å². The summed E-state index contributed by atoms with van der Waals surface area (Å²) in [6, 6.07) is 13.8. The minimum atomic E-state index is 0.608. The first-order chi connectivity index (χ1) is 8.72. The van der Waals surface area contributed by atoms with Crippen LogP contribution < -0.4 is 15.8 Å². The lowest BCUT2D eigenvalue weighted by atomic mass is 10.2. The number of nitrogens with one attached hydrogen (secondary N) is 1. The first-order valence-electron chi connectivity index (χ1n) is 5.75. The van der Waals surface area contributed by atoms with Crippen LogP contribution in [0, 0.1) is 3.57 Å². The predicted octanol–water partition coefficient (Wildman–Crippen LogP) is 4.02. The Balaban J connectivity index is 2.30. The van der Waals surface area contributed by atoms with Gasteiger partial charge in [-0.15, -0.1) is 0 Å². The van der Waals surface area contributed by atoms with Gasteiger partial charge in [-0.05, 0) is 53.8 Å². The van der Waals surface area contributed by atoms with Gasteiger partial charge >= 0.3 is 0 Å². The average molecular weight is 354 g/mol. The number of hydrogen-bond donors (Lipinski definition) is 2. The number of nitrogen functional groups attached to an aromatic ring is 1. The maximum absolute atomic E-state index is 6.08. The fourth-order valence-electron chi connectivity index (χ4n) is 1.64. The van der Waals surface area contributed by atoms with E-state index in [1.54, 1.807) is 0 Å². The van der Waals surface area contributed by atoms with Crippen LogP contribution in [0.15, 0.2) is 42.5 Å². The number of ether oxygens (including phenoxy) is 1. The molecule has 0 atom stereocenters. The van der Waals surface area contributed by atoms with Crippen LogP contribution in [-0.2, 0) is 0 Å². The Labute approximate surface area is 120 Å². The Kier molecular flexibility index (Phi) is 4.30. The molecule has 3 nitrogen and oxygen atoms in total. The van der Waals surface area contributed by atoms with Gasteiger partial charge in [-0.2, -0.15) is 0 Å². The molecule has 0 bridgehead atoms. The zero-order valence-corrected chi connectivity index (χ0v) is 12.3. The van der Waals surface area contributed by atoms with E-state index in [1.165, 1.54) is 0 Å². The van der Waals surface area contributed by atoms with Crippen molar-refractivity contribution in [3.63, 3.8) is 0 Å². The van der Waals surface area contributed by atoms with Crippen LogP contribution in [0.2, 0.25) is 0 Å². The van der Waals surface area contributed by atoms with Gasteiger partial charge in [0.05, 0.1) is 23.7 Å². The molecule has 3 N–H and O–H groups in total. The molecular formula is C14H15IN2O. The van der Waals surface area contributed by atoms with Crippen LogP contribution in [0.25, 0.3) is 0 Å². The number of benzene rings is 2. The topological polar surface area (TPSA) is 47.3 Å². The summed E-state index contributed by atoms with van der Waals surface area (Å²) in [4.78, 5) is 0. The highest BCUT2D eigenvalue weighted by molar-refractivity contribution is 14.1. The number of anilines is 3. The van der Waals surface area contributed by atoms with Crippen molar-refractivity contribution in [3.05, 3.63) is 46.0 Å². The van der Waals surface area contributed by atoms with Gasteiger partial charge in [0.2, 0.25) is 0 Å². The van der Waals surface area contributed by atoms with Gasteiger partial charge in [-0.3, -0.25) is 0 Å². The molecule has 94 valence electrons. The van der Waals surface area contributed by atoms with Crippen molar-refractivity contribution in [3.8, 4) is 5.75 Å². The molecule has 2 aromatic rings. The Hall–Kier alpha value is -1.43. The standard InChI is InChI=1S/C14H15IN2O/c1-2-18-13-9-5-8-12(14(13)16)17-11-7-4-3-6-10(11)15/h3-9,17H,2,16H2,1H3. The Morgan fingerprint density at radius 1 is 1.11 bits per heavy atom. The zero-order chi connectivity index (χ0) is 13.0. The fourth-order valence-corrected chi connectivity index (χ4v) is 2.16. The Morgan fingerprint density at radius 3 is 2.56 bits per heavy atom. The largest absolute Gasteiger partial charge is 0.492 e. The monoisotopic (exact) mass is 354 g/mol. The third kappa shape index (κ3) is 2.87. The second kappa shape index (κ2) is 5.95. The molecule has 18 heavy (non-hydrogen) atoms. The summed E-state index contributed by atoms with van der Waals surface area (Å²) in [7, 11) is 0. The van der Waals surface area contributed by atoms with Crippen molar-refractivity contribution in [2.24, 2.45) is 0 Å². The highest BCUT2D eigenvalue weighted by atomic mass is 127. The van der Waals surface area contributed by atoms with E-state index in [4.69, 9.17) is 10.5 Å². The smallest absolute Gasteiger partial charge is 0.144 e. The minimum absolute atomic E-state index is 0.608.